The summed E-state index contributed by atoms with van der Waals surface area (Å²) in [6.07, 6.45) is 5.05. The molecule has 1 saturated carbocycles. The Kier molecular flexibility index (Phi) is 4.95. The molecule has 3 N–H and O–H groups in total. The molecule has 0 aromatic heterocycles. The SMILES string of the molecule is NC1(CC(=O)Nc2ccc(Br)cc2[N+](=O)[O-])CCCCC1. The molecule has 1 aromatic carbocycles. The Morgan fingerprint density at radius 1 is 1.38 bits per heavy atom. The fourth-order valence-electron chi connectivity index (χ4n) is 2.71. The van der Waals surface area contributed by atoms with Crippen molar-refractivity contribution in [3.05, 3.63) is 32.8 Å². The topological polar surface area (TPSA) is 98.3 Å². The predicted octanol–water partition coefficient (Wildman–Crippen LogP) is 3.35. The molecule has 1 aromatic rings. The van der Waals surface area contributed by atoms with Gasteiger partial charge in [0.15, 0.2) is 0 Å². The van der Waals surface area contributed by atoms with E-state index in [4.69, 9.17) is 5.73 Å². The molecule has 0 unspecified atom stereocenters. The number of benzene rings is 1. The fourth-order valence-corrected chi connectivity index (χ4v) is 3.06. The van der Waals surface area contributed by atoms with Crippen molar-refractivity contribution in [3.63, 3.8) is 0 Å². The third kappa shape index (κ3) is 4.25. The zero-order valence-electron chi connectivity index (χ0n) is 11.6. The van der Waals surface area contributed by atoms with Crippen molar-refractivity contribution >= 4 is 33.2 Å². The summed E-state index contributed by atoms with van der Waals surface area (Å²) in [7, 11) is 0. The number of nitro groups is 1. The van der Waals surface area contributed by atoms with Crippen LogP contribution in [0.25, 0.3) is 0 Å². The maximum Gasteiger partial charge on any atom is 0.293 e. The number of nitrogens with two attached hydrogens (primary N) is 1. The van der Waals surface area contributed by atoms with Crippen molar-refractivity contribution < 1.29 is 9.72 Å². The van der Waals surface area contributed by atoms with Crippen LogP contribution in [0.5, 0.6) is 0 Å². The molecule has 0 saturated heterocycles. The third-order valence-electron chi connectivity index (χ3n) is 3.79. The van der Waals surface area contributed by atoms with Crippen molar-refractivity contribution in [2.75, 3.05) is 5.32 Å². The quantitative estimate of drug-likeness (QED) is 0.638. The largest absolute Gasteiger partial charge is 0.325 e. The summed E-state index contributed by atoms with van der Waals surface area (Å²) in [5, 5.41) is 13.6. The number of nitrogens with zero attached hydrogens (tertiary/aromatic N) is 1. The van der Waals surface area contributed by atoms with Crippen molar-refractivity contribution in [1.82, 2.24) is 0 Å². The van der Waals surface area contributed by atoms with Crippen LogP contribution in [0, 0.1) is 10.1 Å². The van der Waals surface area contributed by atoms with Gasteiger partial charge in [0, 0.05) is 22.5 Å². The Hall–Kier alpha value is -1.47. The molecule has 7 heteroatoms. The van der Waals surface area contributed by atoms with Gasteiger partial charge in [0.2, 0.25) is 5.91 Å². The lowest BCUT2D eigenvalue weighted by atomic mass is 9.80. The molecule has 0 atom stereocenters. The van der Waals surface area contributed by atoms with E-state index in [9.17, 15) is 14.9 Å². The highest BCUT2D eigenvalue weighted by atomic mass is 79.9. The predicted molar refractivity (Wildman–Crippen MR) is 84.0 cm³/mol. The monoisotopic (exact) mass is 355 g/mol. The van der Waals surface area contributed by atoms with Gasteiger partial charge in [0.1, 0.15) is 5.69 Å². The Morgan fingerprint density at radius 2 is 2.05 bits per heavy atom. The van der Waals surface area contributed by atoms with Crippen LogP contribution in [0.3, 0.4) is 0 Å². The van der Waals surface area contributed by atoms with Gasteiger partial charge in [-0.05, 0) is 25.0 Å². The van der Waals surface area contributed by atoms with Crippen LogP contribution in [0.2, 0.25) is 0 Å². The lowest BCUT2D eigenvalue weighted by molar-refractivity contribution is -0.384. The Morgan fingerprint density at radius 3 is 2.67 bits per heavy atom. The van der Waals surface area contributed by atoms with E-state index in [0.29, 0.717) is 4.47 Å². The summed E-state index contributed by atoms with van der Waals surface area (Å²) in [6.45, 7) is 0. The number of rotatable bonds is 4. The van der Waals surface area contributed by atoms with Crippen LogP contribution >= 0.6 is 15.9 Å². The van der Waals surface area contributed by atoms with Crippen LogP contribution in [-0.2, 0) is 4.79 Å². The fraction of sp³-hybridized carbons (Fsp3) is 0.500. The molecule has 1 amide bonds. The highest BCUT2D eigenvalue weighted by Gasteiger charge is 2.30. The van der Waals surface area contributed by atoms with Crippen LogP contribution in [-0.4, -0.2) is 16.4 Å². The number of halogens is 1. The first-order valence-electron chi connectivity index (χ1n) is 6.92. The zero-order chi connectivity index (χ0) is 15.5. The highest BCUT2D eigenvalue weighted by Crippen LogP contribution is 2.31. The number of hydrogen-bond acceptors (Lipinski definition) is 4. The number of hydrogen-bond donors (Lipinski definition) is 2. The minimum absolute atomic E-state index is 0.132. The average Bonchev–Trinajstić information content (AvgIpc) is 2.40. The Balaban J connectivity index is 2.07. The molecule has 1 aliphatic rings. The normalized spacial score (nSPS) is 17.2. The van der Waals surface area contributed by atoms with Crippen molar-refractivity contribution in [1.29, 1.82) is 0 Å². The smallest absolute Gasteiger partial charge is 0.293 e. The van der Waals surface area contributed by atoms with E-state index < -0.39 is 10.5 Å². The minimum atomic E-state index is -0.515. The van der Waals surface area contributed by atoms with Crippen molar-refractivity contribution in [3.8, 4) is 0 Å². The van der Waals surface area contributed by atoms with E-state index in [2.05, 4.69) is 21.2 Å². The zero-order valence-corrected chi connectivity index (χ0v) is 13.2. The molecule has 0 heterocycles. The summed E-state index contributed by atoms with van der Waals surface area (Å²) < 4.78 is 0.592. The molecular weight excluding hydrogens is 338 g/mol. The summed E-state index contributed by atoms with van der Waals surface area (Å²) in [6, 6.07) is 4.54. The number of amides is 1. The second-order valence-electron chi connectivity index (χ2n) is 5.57. The van der Waals surface area contributed by atoms with Crippen LogP contribution in [0.4, 0.5) is 11.4 Å². The summed E-state index contributed by atoms with van der Waals surface area (Å²) in [5.74, 6) is -0.273. The number of nitrogens with one attached hydrogen (secondary N) is 1. The van der Waals surface area contributed by atoms with E-state index in [1.807, 2.05) is 0 Å². The molecule has 2 rings (SSSR count). The van der Waals surface area contributed by atoms with Crippen LogP contribution in [0.15, 0.2) is 22.7 Å². The van der Waals surface area contributed by atoms with Crippen LogP contribution < -0.4 is 11.1 Å². The van der Waals surface area contributed by atoms with Gasteiger partial charge in [-0.1, -0.05) is 35.2 Å². The summed E-state index contributed by atoms with van der Waals surface area (Å²) >= 11 is 3.18. The molecule has 21 heavy (non-hydrogen) atoms. The number of carbonyl (C=O) groups excluding carboxylic acids is 1. The third-order valence-corrected chi connectivity index (χ3v) is 4.29. The maximum absolute atomic E-state index is 12.1. The van der Waals surface area contributed by atoms with Gasteiger partial charge < -0.3 is 11.1 Å². The van der Waals surface area contributed by atoms with Gasteiger partial charge >= 0.3 is 0 Å². The second kappa shape index (κ2) is 6.53. The first-order valence-corrected chi connectivity index (χ1v) is 7.72. The van der Waals surface area contributed by atoms with Gasteiger partial charge in [0.05, 0.1) is 4.92 Å². The molecule has 0 aliphatic heterocycles. The van der Waals surface area contributed by atoms with E-state index >= 15 is 0 Å². The first kappa shape index (κ1) is 15.9. The Bertz CT molecular complexity index is 556. The maximum atomic E-state index is 12.1. The highest BCUT2D eigenvalue weighted by molar-refractivity contribution is 9.10. The van der Waals surface area contributed by atoms with E-state index in [-0.39, 0.29) is 23.7 Å². The van der Waals surface area contributed by atoms with Crippen LogP contribution in [0.1, 0.15) is 38.5 Å². The number of carbonyl (C=O) groups is 1. The molecule has 0 radical (unpaired) electrons. The molecule has 0 bridgehead atoms. The van der Waals surface area contributed by atoms with E-state index in [1.54, 1.807) is 6.07 Å². The summed E-state index contributed by atoms with van der Waals surface area (Å²) in [4.78, 5) is 22.6. The lowest BCUT2D eigenvalue weighted by Crippen LogP contribution is -2.44. The number of anilines is 1. The molecule has 114 valence electrons. The van der Waals surface area contributed by atoms with Gasteiger partial charge in [-0.25, -0.2) is 0 Å². The first-order chi connectivity index (χ1) is 9.89. The Labute approximate surface area is 131 Å². The van der Waals surface area contributed by atoms with Gasteiger partial charge in [0.25, 0.3) is 5.69 Å². The van der Waals surface area contributed by atoms with Gasteiger partial charge in [-0.2, -0.15) is 0 Å². The van der Waals surface area contributed by atoms with Gasteiger partial charge in [-0.3, -0.25) is 14.9 Å². The van der Waals surface area contributed by atoms with Crippen molar-refractivity contribution in [2.45, 2.75) is 44.1 Å². The van der Waals surface area contributed by atoms with E-state index in [0.717, 1.165) is 32.1 Å². The van der Waals surface area contributed by atoms with E-state index in [1.165, 1.54) is 12.1 Å². The molecule has 1 fully saturated rings. The molecular formula is C14H18BrN3O3. The molecule has 1 aliphatic carbocycles. The number of nitro benzene ring substituents is 1. The molecule has 0 spiro atoms. The minimum Gasteiger partial charge on any atom is -0.325 e. The standard InChI is InChI=1S/C14H18BrN3O3/c15-10-4-5-11(12(8-10)18(20)21)17-13(19)9-14(16)6-2-1-3-7-14/h4-5,8H,1-3,6-7,9,16H2,(H,17,19). The lowest BCUT2D eigenvalue weighted by Gasteiger charge is -2.32. The molecule has 6 nitrogen and oxygen atoms in total. The van der Waals surface area contributed by atoms with Gasteiger partial charge in [-0.15, -0.1) is 0 Å². The average molecular weight is 356 g/mol. The van der Waals surface area contributed by atoms with Crippen molar-refractivity contribution in [2.24, 2.45) is 5.73 Å². The summed E-state index contributed by atoms with van der Waals surface area (Å²) in [5.41, 5.74) is 5.82. The second-order valence-corrected chi connectivity index (χ2v) is 6.48.